The van der Waals surface area contributed by atoms with Gasteiger partial charge in [0.1, 0.15) is 5.75 Å². The van der Waals surface area contributed by atoms with E-state index in [1.165, 1.54) is 0 Å². The summed E-state index contributed by atoms with van der Waals surface area (Å²) in [6, 6.07) is 7.66. The number of methoxy groups -OCH3 is 1. The van der Waals surface area contributed by atoms with Crippen LogP contribution in [0.3, 0.4) is 0 Å². The van der Waals surface area contributed by atoms with Crippen LogP contribution < -0.4 is 10.1 Å². The minimum atomic E-state index is 0.583. The Kier molecular flexibility index (Phi) is 5.69. The van der Waals surface area contributed by atoms with Crippen molar-refractivity contribution in [2.75, 3.05) is 13.7 Å². The number of nitriles is 1. The first-order valence-corrected chi connectivity index (χ1v) is 5.56. The molecule has 0 aromatic heterocycles. The van der Waals surface area contributed by atoms with E-state index in [1.807, 2.05) is 12.1 Å². The van der Waals surface area contributed by atoms with Gasteiger partial charge in [-0.3, -0.25) is 0 Å². The second kappa shape index (κ2) is 7.10. The molecular formula is C12H15ClN2O. The standard InChI is InChI=1S/C12H15ClN2O/c1-16-12-5-4-11(13)8-10(12)9-15-7-3-2-6-14/h4-5,8,15H,2-3,7,9H2,1H3. The lowest BCUT2D eigenvalue weighted by Gasteiger charge is -2.09. The summed E-state index contributed by atoms with van der Waals surface area (Å²) in [6.45, 7) is 1.53. The number of rotatable bonds is 6. The number of unbranched alkanes of at least 4 members (excludes halogenated alkanes) is 1. The Morgan fingerprint density at radius 1 is 1.50 bits per heavy atom. The number of ether oxygens (including phenoxy) is 1. The molecule has 0 fully saturated rings. The van der Waals surface area contributed by atoms with Gasteiger partial charge in [0.25, 0.3) is 0 Å². The lowest BCUT2D eigenvalue weighted by molar-refractivity contribution is 0.407. The Hall–Kier alpha value is -1.24. The molecule has 0 amide bonds. The molecule has 1 rings (SSSR count). The molecule has 1 aromatic rings. The van der Waals surface area contributed by atoms with E-state index >= 15 is 0 Å². The van der Waals surface area contributed by atoms with Gasteiger partial charge in [-0.25, -0.2) is 0 Å². The average molecular weight is 239 g/mol. The van der Waals surface area contributed by atoms with Gasteiger partial charge in [-0.05, 0) is 31.2 Å². The maximum Gasteiger partial charge on any atom is 0.123 e. The molecule has 0 saturated heterocycles. The van der Waals surface area contributed by atoms with Crippen molar-refractivity contribution in [2.45, 2.75) is 19.4 Å². The molecule has 4 heteroatoms. The lowest BCUT2D eigenvalue weighted by atomic mass is 10.2. The molecule has 86 valence electrons. The zero-order valence-corrected chi connectivity index (χ0v) is 10.0. The minimum absolute atomic E-state index is 0.583. The number of benzene rings is 1. The van der Waals surface area contributed by atoms with Gasteiger partial charge in [-0.2, -0.15) is 5.26 Å². The first-order valence-electron chi connectivity index (χ1n) is 5.18. The molecule has 0 heterocycles. The largest absolute Gasteiger partial charge is 0.496 e. The molecule has 1 aromatic carbocycles. The van der Waals surface area contributed by atoms with Gasteiger partial charge in [0.2, 0.25) is 0 Å². The number of nitrogens with zero attached hydrogens (tertiary/aromatic N) is 1. The monoisotopic (exact) mass is 238 g/mol. The van der Waals surface area contributed by atoms with Gasteiger partial charge >= 0.3 is 0 Å². The third-order valence-corrected chi connectivity index (χ3v) is 2.44. The van der Waals surface area contributed by atoms with Crippen molar-refractivity contribution < 1.29 is 4.74 Å². The Labute approximate surface area is 101 Å². The van der Waals surface area contributed by atoms with E-state index in [2.05, 4.69) is 11.4 Å². The van der Waals surface area contributed by atoms with Crippen molar-refractivity contribution in [3.63, 3.8) is 0 Å². The van der Waals surface area contributed by atoms with Crippen molar-refractivity contribution >= 4 is 11.6 Å². The highest BCUT2D eigenvalue weighted by molar-refractivity contribution is 6.30. The highest BCUT2D eigenvalue weighted by atomic mass is 35.5. The summed E-state index contributed by atoms with van der Waals surface area (Å²) in [5.41, 5.74) is 1.03. The van der Waals surface area contributed by atoms with Crippen LogP contribution in [0.25, 0.3) is 0 Å². The molecule has 0 aliphatic carbocycles. The Bertz CT molecular complexity index is 374. The van der Waals surface area contributed by atoms with E-state index in [1.54, 1.807) is 13.2 Å². The summed E-state index contributed by atoms with van der Waals surface area (Å²) in [5.74, 6) is 0.831. The van der Waals surface area contributed by atoms with Crippen LogP contribution in [-0.2, 0) is 6.54 Å². The van der Waals surface area contributed by atoms with E-state index in [0.717, 1.165) is 24.3 Å². The highest BCUT2D eigenvalue weighted by Gasteiger charge is 2.02. The maximum atomic E-state index is 8.39. The molecule has 0 spiro atoms. The molecule has 0 radical (unpaired) electrons. The van der Waals surface area contributed by atoms with Crippen LogP contribution >= 0.6 is 11.6 Å². The number of hydrogen-bond donors (Lipinski definition) is 1. The second-order valence-corrected chi connectivity index (χ2v) is 3.83. The van der Waals surface area contributed by atoms with E-state index in [9.17, 15) is 0 Å². The van der Waals surface area contributed by atoms with Gasteiger partial charge < -0.3 is 10.1 Å². The quantitative estimate of drug-likeness (QED) is 0.776. The van der Waals surface area contributed by atoms with Crippen LogP contribution in [-0.4, -0.2) is 13.7 Å². The van der Waals surface area contributed by atoms with Crippen LogP contribution in [0.5, 0.6) is 5.75 Å². The average Bonchev–Trinajstić information content (AvgIpc) is 2.29. The van der Waals surface area contributed by atoms with Crippen molar-refractivity contribution in [1.29, 1.82) is 5.26 Å². The number of hydrogen-bond acceptors (Lipinski definition) is 3. The minimum Gasteiger partial charge on any atom is -0.496 e. The molecule has 1 N–H and O–H groups in total. The Morgan fingerprint density at radius 3 is 3.00 bits per heavy atom. The van der Waals surface area contributed by atoms with Crippen LogP contribution in [0.2, 0.25) is 5.02 Å². The van der Waals surface area contributed by atoms with E-state index in [0.29, 0.717) is 18.0 Å². The number of halogens is 1. The Balaban J connectivity index is 2.46. The zero-order chi connectivity index (χ0) is 11.8. The van der Waals surface area contributed by atoms with Crippen LogP contribution in [0.1, 0.15) is 18.4 Å². The lowest BCUT2D eigenvalue weighted by Crippen LogP contribution is -2.15. The van der Waals surface area contributed by atoms with E-state index < -0.39 is 0 Å². The van der Waals surface area contributed by atoms with Crippen LogP contribution in [0, 0.1) is 11.3 Å². The summed E-state index contributed by atoms with van der Waals surface area (Å²) in [5, 5.41) is 12.3. The molecule has 0 aliphatic rings. The highest BCUT2D eigenvalue weighted by Crippen LogP contribution is 2.22. The first kappa shape index (κ1) is 12.8. The summed E-state index contributed by atoms with van der Waals surface area (Å²) >= 11 is 5.91. The normalized spacial score (nSPS) is 9.81. The third-order valence-electron chi connectivity index (χ3n) is 2.20. The molecule has 0 aliphatic heterocycles. The summed E-state index contributed by atoms with van der Waals surface area (Å²) in [6.07, 6.45) is 1.44. The topological polar surface area (TPSA) is 45.0 Å². The fraction of sp³-hybridized carbons (Fsp3) is 0.417. The van der Waals surface area contributed by atoms with Gasteiger partial charge in [-0.1, -0.05) is 11.6 Å². The van der Waals surface area contributed by atoms with Crippen molar-refractivity contribution in [3.8, 4) is 11.8 Å². The molecule has 3 nitrogen and oxygen atoms in total. The number of nitrogens with one attached hydrogen (secondary N) is 1. The molecule has 16 heavy (non-hydrogen) atoms. The predicted octanol–water partition coefficient (Wildman–Crippen LogP) is 2.74. The fourth-order valence-electron chi connectivity index (χ4n) is 1.40. The third kappa shape index (κ3) is 4.09. The Morgan fingerprint density at radius 2 is 2.31 bits per heavy atom. The van der Waals surface area contributed by atoms with E-state index in [-0.39, 0.29) is 0 Å². The van der Waals surface area contributed by atoms with Gasteiger partial charge in [0.05, 0.1) is 13.2 Å². The van der Waals surface area contributed by atoms with Gasteiger partial charge in [0, 0.05) is 23.6 Å². The maximum absolute atomic E-state index is 8.39. The van der Waals surface area contributed by atoms with Crippen LogP contribution in [0.15, 0.2) is 18.2 Å². The van der Waals surface area contributed by atoms with Crippen molar-refractivity contribution in [1.82, 2.24) is 5.32 Å². The summed E-state index contributed by atoms with van der Waals surface area (Å²) in [7, 11) is 1.64. The zero-order valence-electron chi connectivity index (χ0n) is 9.29. The van der Waals surface area contributed by atoms with Crippen molar-refractivity contribution in [2.24, 2.45) is 0 Å². The molecule has 0 bridgehead atoms. The SMILES string of the molecule is COc1ccc(Cl)cc1CNCCCC#N. The first-order chi connectivity index (χ1) is 7.77. The molecule has 0 atom stereocenters. The van der Waals surface area contributed by atoms with E-state index in [4.69, 9.17) is 21.6 Å². The predicted molar refractivity (Wildman–Crippen MR) is 64.6 cm³/mol. The molecular weight excluding hydrogens is 224 g/mol. The fourth-order valence-corrected chi connectivity index (χ4v) is 1.60. The smallest absolute Gasteiger partial charge is 0.123 e. The van der Waals surface area contributed by atoms with Gasteiger partial charge in [0.15, 0.2) is 0 Å². The van der Waals surface area contributed by atoms with Crippen LogP contribution in [0.4, 0.5) is 0 Å². The molecule has 0 saturated carbocycles. The summed E-state index contributed by atoms with van der Waals surface area (Å²) in [4.78, 5) is 0. The summed E-state index contributed by atoms with van der Waals surface area (Å²) < 4.78 is 5.23. The molecule has 0 unspecified atom stereocenters. The van der Waals surface area contributed by atoms with Gasteiger partial charge in [-0.15, -0.1) is 0 Å². The van der Waals surface area contributed by atoms with Crippen molar-refractivity contribution in [3.05, 3.63) is 28.8 Å². The second-order valence-electron chi connectivity index (χ2n) is 3.39.